The summed E-state index contributed by atoms with van der Waals surface area (Å²) in [6, 6.07) is 5.86. The molecule has 0 radical (unpaired) electrons. The van der Waals surface area contributed by atoms with Crippen molar-refractivity contribution < 1.29 is 27.4 Å². The van der Waals surface area contributed by atoms with Crippen LogP contribution in [0.1, 0.15) is 40.5 Å². The van der Waals surface area contributed by atoms with Gasteiger partial charge in [0.2, 0.25) is 10.0 Å². The second kappa shape index (κ2) is 11.0. The van der Waals surface area contributed by atoms with Crippen LogP contribution in [0.25, 0.3) is 10.9 Å². The van der Waals surface area contributed by atoms with E-state index in [2.05, 4.69) is 21.5 Å². The molecule has 1 aromatic heterocycles. The van der Waals surface area contributed by atoms with Crippen LogP contribution < -0.4 is 19.1 Å². The summed E-state index contributed by atoms with van der Waals surface area (Å²) in [5.74, 6) is 0.411. The number of fused-ring (bicyclic) bond motifs is 1. The van der Waals surface area contributed by atoms with E-state index in [1.807, 2.05) is 18.2 Å². The highest BCUT2D eigenvalue weighted by atomic mass is 32.2. The van der Waals surface area contributed by atoms with E-state index in [1.54, 1.807) is 41.2 Å². The summed E-state index contributed by atoms with van der Waals surface area (Å²) in [7, 11) is -0.514. The van der Waals surface area contributed by atoms with E-state index in [1.165, 1.54) is 0 Å². The van der Waals surface area contributed by atoms with Gasteiger partial charge in [-0.25, -0.2) is 13.1 Å². The van der Waals surface area contributed by atoms with Gasteiger partial charge in [0, 0.05) is 43.0 Å². The fourth-order valence-corrected chi connectivity index (χ4v) is 5.43. The molecule has 1 aliphatic rings. The molecule has 1 atom stereocenters. The molecule has 0 spiro atoms. The van der Waals surface area contributed by atoms with Gasteiger partial charge >= 0.3 is 5.97 Å². The normalized spacial score (nSPS) is 16.2. The first-order valence-corrected chi connectivity index (χ1v) is 13.5. The van der Waals surface area contributed by atoms with Gasteiger partial charge in [0.15, 0.2) is 17.3 Å². The van der Waals surface area contributed by atoms with Crippen LogP contribution in [0.15, 0.2) is 24.4 Å². The van der Waals surface area contributed by atoms with Crippen LogP contribution in [0, 0.1) is 11.8 Å². The Bertz CT molecular complexity index is 1140. The van der Waals surface area contributed by atoms with Crippen molar-refractivity contribution in [1.29, 1.82) is 0 Å². The Morgan fingerprint density at radius 2 is 1.80 bits per heavy atom. The number of rotatable bonds is 9. The number of benzene rings is 1. The highest BCUT2D eigenvalue weighted by Crippen LogP contribution is 2.37. The second-order valence-electron chi connectivity index (χ2n) is 10.1. The number of anilines is 1. The molecule has 10 heteroatoms. The fraction of sp³-hybridized carbons (Fsp3) is 0.600. The number of ether oxygens (including phenoxy) is 3. The third-order valence-corrected chi connectivity index (χ3v) is 7.48. The summed E-state index contributed by atoms with van der Waals surface area (Å²) in [4.78, 5) is 18.7. The average molecular weight is 508 g/mol. The zero-order valence-corrected chi connectivity index (χ0v) is 22.3. The molecule has 0 aliphatic carbocycles. The maximum atomic E-state index is 12.3. The van der Waals surface area contributed by atoms with Crippen LogP contribution in [0.2, 0.25) is 0 Å². The number of carbonyl (C=O) groups excluding carboxylic acids is 1. The molecule has 2 aromatic rings. The number of nitrogens with one attached hydrogen (secondary N) is 1. The lowest BCUT2D eigenvalue weighted by Crippen LogP contribution is -2.40. The molecule has 0 amide bonds. The number of esters is 1. The van der Waals surface area contributed by atoms with Gasteiger partial charge in [-0.3, -0.25) is 9.78 Å². The number of hydrogen-bond acceptors (Lipinski definition) is 8. The van der Waals surface area contributed by atoms with Crippen LogP contribution in [0.3, 0.4) is 0 Å². The van der Waals surface area contributed by atoms with Crippen molar-refractivity contribution in [2.45, 2.75) is 46.1 Å². The summed E-state index contributed by atoms with van der Waals surface area (Å²) in [6.07, 6.45) is 3.68. The van der Waals surface area contributed by atoms with Crippen molar-refractivity contribution >= 4 is 32.6 Å². The number of hydrogen-bond donors (Lipinski definition) is 1. The summed E-state index contributed by atoms with van der Waals surface area (Å²) < 4.78 is 43.3. The van der Waals surface area contributed by atoms with Gasteiger partial charge in [0.25, 0.3) is 0 Å². The quantitative estimate of drug-likeness (QED) is 0.515. The molecule has 1 aromatic carbocycles. The maximum absolute atomic E-state index is 12.3. The molecular formula is C25H37N3O6S. The Balaban J connectivity index is 1.59. The lowest BCUT2D eigenvalue weighted by molar-refractivity contribution is -0.151. The molecule has 35 heavy (non-hydrogen) atoms. The van der Waals surface area contributed by atoms with E-state index >= 15 is 0 Å². The standard InChI is InChI=1S/C25H37N3O6S/c1-17(15-27-35(30,31)16-24(29)34-25(2,3)4)18-8-11-28(12-9-18)21-7-10-26-20-14-23(33-6)22(32-5)13-19(20)21/h7,10,13-14,17-18,27H,8-9,11-12,15-16H2,1-6H3. The Kier molecular flexibility index (Phi) is 8.48. The average Bonchev–Trinajstić information content (AvgIpc) is 2.79. The first kappa shape index (κ1) is 27.0. The Hall–Kier alpha value is -2.59. The molecule has 1 aliphatic heterocycles. The van der Waals surface area contributed by atoms with E-state index in [0.717, 1.165) is 42.5 Å². The Morgan fingerprint density at radius 3 is 2.40 bits per heavy atom. The molecule has 2 heterocycles. The van der Waals surface area contributed by atoms with Crippen LogP contribution in [0.4, 0.5) is 5.69 Å². The molecule has 9 nitrogen and oxygen atoms in total. The van der Waals surface area contributed by atoms with Crippen molar-refractivity contribution in [3.63, 3.8) is 0 Å². The topological polar surface area (TPSA) is 107 Å². The zero-order chi connectivity index (χ0) is 25.8. The van der Waals surface area contributed by atoms with Gasteiger partial charge in [-0.15, -0.1) is 0 Å². The van der Waals surface area contributed by atoms with Gasteiger partial charge < -0.3 is 19.1 Å². The molecule has 1 N–H and O–H groups in total. The Morgan fingerprint density at radius 1 is 1.17 bits per heavy atom. The minimum atomic E-state index is -3.74. The maximum Gasteiger partial charge on any atom is 0.323 e. The first-order valence-electron chi connectivity index (χ1n) is 11.9. The van der Waals surface area contributed by atoms with Crippen molar-refractivity contribution in [2.24, 2.45) is 11.8 Å². The van der Waals surface area contributed by atoms with Gasteiger partial charge in [0.05, 0.1) is 19.7 Å². The van der Waals surface area contributed by atoms with Crippen LogP contribution in [0.5, 0.6) is 11.5 Å². The molecule has 194 valence electrons. The van der Waals surface area contributed by atoms with Crippen molar-refractivity contribution in [1.82, 2.24) is 9.71 Å². The van der Waals surface area contributed by atoms with E-state index in [4.69, 9.17) is 14.2 Å². The van der Waals surface area contributed by atoms with Crippen molar-refractivity contribution in [2.75, 3.05) is 44.5 Å². The fourth-order valence-electron chi connectivity index (χ4n) is 4.45. The second-order valence-corrected chi connectivity index (χ2v) is 11.9. The van der Waals surface area contributed by atoms with Crippen molar-refractivity contribution in [3.8, 4) is 11.5 Å². The first-order chi connectivity index (χ1) is 16.4. The largest absolute Gasteiger partial charge is 0.493 e. The van der Waals surface area contributed by atoms with Crippen LogP contribution in [-0.2, 0) is 19.6 Å². The highest BCUT2D eigenvalue weighted by Gasteiger charge is 2.28. The number of sulfonamides is 1. The Labute approximate surface area is 208 Å². The highest BCUT2D eigenvalue weighted by molar-refractivity contribution is 7.90. The third kappa shape index (κ3) is 7.20. The predicted octanol–water partition coefficient (Wildman–Crippen LogP) is 3.37. The SMILES string of the molecule is COc1cc2nccc(N3CCC(C(C)CNS(=O)(=O)CC(=O)OC(C)(C)C)CC3)c2cc1OC. The minimum absolute atomic E-state index is 0.143. The molecule has 0 saturated carbocycles. The molecule has 3 rings (SSSR count). The summed E-state index contributed by atoms with van der Waals surface area (Å²) in [5, 5.41) is 1.01. The molecular weight excluding hydrogens is 470 g/mol. The smallest absolute Gasteiger partial charge is 0.323 e. The van der Waals surface area contributed by atoms with Crippen molar-refractivity contribution in [3.05, 3.63) is 24.4 Å². The number of methoxy groups -OCH3 is 2. The summed E-state index contributed by atoms with van der Waals surface area (Å²) >= 11 is 0. The molecule has 1 unspecified atom stereocenters. The van der Waals surface area contributed by atoms with Crippen LogP contribution in [-0.4, -0.2) is 64.6 Å². The lowest BCUT2D eigenvalue weighted by Gasteiger charge is -2.36. The van der Waals surface area contributed by atoms with Gasteiger partial charge in [-0.1, -0.05) is 6.92 Å². The van der Waals surface area contributed by atoms with Crippen LogP contribution >= 0.6 is 0 Å². The molecule has 0 bridgehead atoms. The zero-order valence-electron chi connectivity index (χ0n) is 21.5. The van der Waals surface area contributed by atoms with Gasteiger partial charge in [-0.05, 0) is 57.6 Å². The van der Waals surface area contributed by atoms with E-state index in [0.29, 0.717) is 24.0 Å². The number of nitrogens with zero attached hydrogens (tertiary/aromatic N) is 2. The molecule has 1 saturated heterocycles. The number of carbonyl (C=O) groups is 1. The predicted molar refractivity (Wildman–Crippen MR) is 137 cm³/mol. The van der Waals surface area contributed by atoms with Gasteiger partial charge in [-0.2, -0.15) is 0 Å². The van der Waals surface area contributed by atoms with E-state index in [9.17, 15) is 13.2 Å². The summed E-state index contributed by atoms with van der Waals surface area (Å²) in [6.45, 7) is 9.19. The third-order valence-electron chi connectivity index (χ3n) is 6.26. The summed E-state index contributed by atoms with van der Waals surface area (Å²) in [5.41, 5.74) is 1.22. The number of piperidine rings is 1. The van der Waals surface area contributed by atoms with E-state index < -0.39 is 27.3 Å². The monoisotopic (exact) mass is 507 g/mol. The minimum Gasteiger partial charge on any atom is -0.493 e. The molecule has 1 fully saturated rings. The van der Waals surface area contributed by atoms with E-state index in [-0.39, 0.29) is 5.92 Å². The lowest BCUT2D eigenvalue weighted by atomic mass is 9.85. The van der Waals surface area contributed by atoms with Gasteiger partial charge in [0.1, 0.15) is 5.60 Å². The number of aromatic nitrogens is 1. The number of pyridine rings is 1.